The highest BCUT2D eigenvalue weighted by atomic mass is 35.5. The van der Waals surface area contributed by atoms with Crippen LogP contribution in [0.5, 0.6) is 11.5 Å². The second-order valence-electron chi connectivity index (χ2n) is 39.9. The van der Waals surface area contributed by atoms with E-state index in [2.05, 4.69) is 42.5 Å². The Morgan fingerprint density at radius 3 is 0.986 bits per heavy atom. The zero-order chi connectivity index (χ0) is 113. The normalized spacial score (nSPS) is 11.1. The second-order valence-corrected chi connectivity index (χ2v) is 44.9. The number of nitrogens with one attached hydrogen (secondary N) is 8. The molecule has 8 amide bonds. The monoisotopic (exact) mass is 2180 g/mol. The van der Waals surface area contributed by atoms with Crippen molar-refractivity contribution in [3.05, 3.63) is 196 Å². The number of alkyl halides is 3. The minimum Gasteiger partial charge on any atom is -0.486 e. The van der Waals surface area contributed by atoms with E-state index in [1.165, 1.54) is 46.3 Å². The minimum absolute atomic E-state index is 0.00472. The van der Waals surface area contributed by atoms with Crippen LogP contribution in [0.25, 0.3) is 0 Å². The van der Waals surface area contributed by atoms with Crippen molar-refractivity contribution in [3.63, 3.8) is 0 Å². The lowest BCUT2D eigenvalue weighted by Crippen LogP contribution is -2.36. The van der Waals surface area contributed by atoms with Crippen LogP contribution in [0, 0.1) is 19.7 Å². The van der Waals surface area contributed by atoms with Crippen LogP contribution in [0.3, 0.4) is 0 Å². The molecule has 0 aliphatic carbocycles. The predicted molar refractivity (Wildman–Crippen MR) is 554 cm³/mol. The van der Waals surface area contributed by atoms with Gasteiger partial charge in [0.25, 0.3) is 0 Å². The van der Waals surface area contributed by atoms with Crippen LogP contribution in [0.1, 0.15) is 214 Å². The second kappa shape index (κ2) is 64.9. The van der Waals surface area contributed by atoms with Gasteiger partial charge in [0.05, 0.1) is 87.5 Å². The number of ketones is 8. The van der Waals surface area contributed by atoms with Gasteiger partial charge in [-0.25, -0.2) is 42.7 Å². The van der Waals surface area contributed by atoms with Gasteiger partial charge < -0.3 is 98.7 Å². The molecule has 0 bridgehead atoms. The van der Waals surface area contributed by atoms with Gasteiger partial charge in [0.2, 0.25) is 0 Å². The largest absolute Gasteiger partial charge is 0.486 e. The van der Waals surface area contributed by atoms with Crippen molar-refractivity contribution in [2.45, 2.75) is 270 Å². The summed E-state index contributed by atoms with van der Waals surface area (Å²) in [7, 11) is 0. The molecule has 6 aromatic heterocycles. The molecule has 0 fully saturated rings. The molecule has 0 saturated heterocycles. The first-order valence-corrected chi connectivity index (χ1v) is 49.9. The lowest BCUT2D eigenvalue weighted by atomic mass is 10.2. The van der Waals surface area contributed by atoms with E-state index < -0.39 is 136 Å². The van der Waals surface area contributed by atoms with Gasteiger partial charge in [-0.1, -0.05) is 35.4 Å². The summed E-state index contributed by atoms with van der Waals surface area (Å²) in [5.41, 5.74) is -2.95. The number of benzene rings is 2. The number of hydrogen-bond donors (Lipinski definition) is 8. The Morgan fingerprint density at radius 2 is 0.682 bits per heavy atom. The fourth-order valence-corrected chi connectivity index (χ4v) is 13.4. The average Bonchev–Trinajstić information content (AvgIpc) is 1.20. The van der Waals surface area contributed by atoms with E-state index in [0.717, 1.165) is 37.4 Å². The molecule has 0 saturated carbocycles. The molecule has 36 nitrogen and oxygen atoms in total. The molecular formula is C103H141ClF4N8O28S4. The molecule has 0 aliphatic rings. The summed E-state index contributed by atoms with van der Waals surface area (Å²) >= 11 is 11.8. The molecule has 148 heavy (non-hydrogen) atoms. The Balaban J connectivity index is 0.000000848. The van der Waals surface area contributed by atoms with Gasteiger partial charge in [-0.05, 0) is 286 Å². The molecule has 0 atom stereocenters. The third-order valence-corrected chi connectivity index (χ3v) is 19.5. The van der Waals surface area contributed by atoms with Crippen molar-refractivity contribution in [2.75, 3.05) is 65.6 Å². The van der Waals surface area contributed by atoms with Crippen LogP contribution in [0.2, 0.25) is 4.34 Å². The molecule has 0 unspecified atom stereocenters. The number of amides is 8. The zero-order valence-electron chi connectivity index (χ0n) is 88.5. The maximum atomic E-state index is 13.2. The van der Waals surface area contributed by atoms with Crippen molar-refractivity contribution >= 4 is 152 Å². The van der Waals surface area contributed by atoms with Gasteiger partial charge in [-0.2, -0.15) is 24.5 Å². The summed E-state index contributed by atoms with van der Waals surface area (Å²) < 4.78 is 111. The number of carbonyl (C=O) groups excluding carboxylic acids is 16. The fraction of sp³-hybridized carbons (Fsp3) is 0.495. The SMILES string of the molecule is CC(C)(C)OC(=O)NCC(=O)COc1cc(F)cc(C(F)(F)F)c1.CC(C)(C)OC(=O)NCC(=O)Cc1ccc(Cl)s1.CC(C)(C)OC(=O)NCC(=O)Cc1ccco1.CC(C)(C)OC(=O)NCC(=O)Cc1cccs1.CC(C)(C)OC(=O)NCC(=O)Cc1ccoc1.CC(C)(C)OC(=O)NCC(=O)Cc1ccsc1.Cc1ccc(CC(=O)CNC(=O)OC(C)(C)C)s1.Cc1ccc(OCC(=O)CNC(=O)OC(C)(C)C)cc1. The summed E-state index contributed by atoms with van der Waals surface area (Å²) in [5.74, 6) is -1.62. The maximum Gasteiger partial charge on any atom is 0.416 e. The van der Waals surface area contributed by atoms with Gasteiger partial charge in [-0.3, -0.25) is 38.4 Å². The number of halogens is 5. The Bertz CT molecular complexity index is 5070. The number of Topliss-reactive ketones (excluding diaryl/α,β-unsaturated/α-hetero) is 8. The van der Waals surface area contributed by atoms with Crippen LogP contribution in [0.15, 0.2) is 147 Å². The lowest BCUT2D eigenvalue weighted by molar-refractivity contribution is -0.138. The Labute approximate surface area is 882 Å². The fourth-order valence-electron chi connectivity index (χ4n) is 10.0. The number of hydrogen-bond acceptors (Lipinski definition) is 32. The molecule has 6 heterocycles. The van der Waals surface area contributed by atoms with E-state index in [9.17, 15) is 94.3 Å². The topological polar surface area (TPSA) is 488 Å². The maximum absolute atomic E-state index is 13.2. The minimum atomic E-state index is -4.73. The number of rotatable bonds is 34. The molecule has 0 radical (unpaired) electrons. The van der Waals surface area contributed by atoms with E-state index in [4.69, 9.17) is 67.8 Å². The van der Waals surface area contributed by atoms with Crippen LogP contribution < -0.4 is 52.0 Å². The van der Waals surface area contributed by atoms with E-state index in [-0.39, 0.29) is 112 Å². The molecule has 8 N–H and O–H groups in total. The number of alkyl carbamates (subject to hydrolysis) is 8. The average molecular weight is 2180 g/mol. The van der Waals surface area contributed by atoms with Crippen LogP contribution in [-0.2, 0) is 121 Å². The van der Waals surface area contributed by atoms with Crippen molar-refractivity contribution in [2.24, 2.45) is 0 Å². The smallest absolute Gasteiger partial charge is 0.416 e. The molecule has 820 valence electrons. The highest BCUT2D eigenvalue weighted by Gasteiger charge is 2.33. The third kappa shape index (κ3) is 75.6. The Hall–Kier alpha value is -13.1. The van der Waals surface area contributed by atoms with Gasteiger partial charge in [0.15, 0.2) is 46.3 Å². The van der Waals surface area contributed by atoms with Gasteiger partial charge in [-0.15, -0.1) is 34.0 Å². The van der Waals surface area contributed by atoms with Crippen LogP contribution in [0.4, 0.5) is 55.9 Å². The zero-order valence-corrected chi connectivity index (χ0v) is 92.6. The standard InChI is InChI=1S/C15H17F4NO4.C15H21NO4.C13H19NO3S.C12H16ClNO3S.2C12H17NO4.2C12H17NO3S/c1-14(2,3)24-13(22)20-7-11(21)8-23-12-5-9(15(17,18)19)4-10(16)6-12;1-11-5-7-13(8-6-11)19-10-12(17)9-16-14(18)20-15(2,3)4;1-9-5-6-11(18-9)7-10(15)8-14-12(16)17-13(2,3)4;1-12(2,3)17-11(16)14-7-8(15)6-9-4-5-10(13)18-9;1-12(2,3)17-11(15)13-7-10(14)6-9-4-5-16-8-9;1-12(2,3)17-11(15)13-8-9(14)7-10-5-4-6-16-10;1-12(2,3)16-11(15)13-7-10(14)6-9-4-5-17-8-9;1-12(2,3)16-11(15)13-8-9(14)7-10-5-4-6-17-10/h4-6H,7-8H2,1-3H3,(H,20,22);5-8H,9-10H2,1-4H3,(H,16,18);5-6H,7-8H2,1-4H3,(H,14,16);4-5H,6-7H2,1-3H3,(H,14,16);4-5,8H,6-7H2,1-3H3,(H,13,15);4-6H,7-8H2,1-3H3,(H,13,15);4-5,8H,6-7H2,1-3H3,(H,13,15);4-6H,7-8H2,1-3H3,(H,13,15). The molecule has 45 heteroatoms. The first kappa shape index (κ1) is 133. The highest BCUT2D eigenvalue weighted by molar-refractivity contribution is 7.16. The third-order valence-electron chi connectivity index (χ3n) is 15.7. The lowest BCUT2D eigenvalue weighted by Gasteiger charge is -2.19. The van der Waals surface area contributed by atoms with Gasteiger partial charge >= 0.3 is 54.9 Å². The van der Waals surface area contributed by atoms with Crippen molar-refractivity contribution in [1.82, 2.24) is 42.5 Å². The summed E-state index contributed by atoms with van der Waals surface area (Å²) in [6.45, 7) is 44.7. The molecule has 8 rings (SSSR count). The van der Waals surface area contributed by atoms with Crippen molar-refractivity contribution in [3.8, 4) is 11.5 Å². The van der Waals surface area contributed by atoms with E-state index in [0.29, 0.717) is 47.2 Å². The highest BCUT2D eigenvalue weighted by Crippen LogP contribution is 2.33. The quantitative estimate of drug-likeness (QED) is 0.0137. The summed E-state index contributed by atoms with van der Waals surface area (Å²) in [6, 6.07) is 27.3. The number of aryl methyl sites for hydroxylation is 2. The van der Waals surface area contributed by atoms with Crippen molar-refractivity contribution in [1.29, 1.82) is 0 Å². The first-order chi connectivity index (χ1) is 68.1. The first-order valence-electron chi connectivity index (χ1n) is 46.1. The predicted octanol–water partition coefficient (Wildman–Crippen LogP) is 20.1. The van der Waals surface area contributed by atoms with Crippen LogP contribution >= 0.6 is 56.9 Å². The molecule has 8 aromatic rings. The van der Waals surface area contributed by atoms with E-state index in [1.807, 2.05) is 72.5 Å². The molecule has 0 spiro atoms. The van der Waals surface area contributed by atoms with Crippen molar-refractivity contribution < 1.29 is 150 Å². The number of thiophene rings is 4. The number of ether oxygens (including phenoxy) is 10. The summed E-state index contributed by atoms with van der Waals surface area (Å²) in [4.78, 5) is 187. The van der Waals surface area contributed by atoms with Crippen LogP contribution in [-0.4, -0.2) is 205 Å². The van der Waals surface area contributed by atoms with Gasteiger partial charge in [0, 0.05) is 57.7 Å². The molecule has 2 aromatic carbocycles. The Kier molecular flexibility index (Phi) is 58.3. The molecule has 0 aliphatic heterocycles. The number of carbonyl (C=O) groups is 16. The number of furan rings is 2. The van der Waals surface area contributed by atoms with E-state index >= 15 is 0 Å². The summed E-state index contributed by atoms with van der Waals surface area (Å²) in [6.07, 6.45) is -3.35. The molecular weight excluding hydrogens is 2040 g/mol. The summed E-state index contributed by atoms with van der Waals surface area (Å²) in [5, 5.41) is 24.9. The Morgan fingerprint density at radius 1 is 0.338 bits per heavy atom. The van der Waals surface area contributed by atoms with Gasteiger partial charge in [0.1, 0.15) is 81.1 Å². The van der Waals surface area contributed by atoms with E-state index in [1.54, 1.807) is 231 Å².